The van der Waals surface area contributed by atoms with Gasteiger partial charge in [0.25, 0.3) is 0 Å². The fourth-order valence-electron chi connectivity index (χ4n) is 2.75. The van der Waals surface area contributed by atoms with E-state index in [-0.39, 0.29) is 11.7 Å². The third-order valence-electron chi connectivity index (χ3n) is 3.81. The largest absolute Gasteiger partial charge is 0.312 e. The Bertz CT molecular complexity index is 620. The zero-order valence-corrected chi connectivity index (χ0v) is 11.5. The summed E-state index contributed by atoms with van der Waals surface area (Å²) in [6, 6.07) is 8.15. The Balaban J connectivity index is 1.82. The topological polar surface area (TPSA) is 59.8 Å². The molecule has 104 valence electrons. The summed E-state index contributed by atoms with van der Waals surface area (Å²) in [5, 5.41) is 7.43. The summed E-state index contributed by atoms with van der Waals surface area (Å²) in [6.45, 7) is 4.28. The van der Waals surface area contributed by atoms with Gasteiger partial charge in [0.2, 0.25) is 0 Å². The van der Waals surface area contributed by atoms with E-state index in [1.54, 1.807) is 4.68 Å². The maximum absolute atomic E-state index is 12.6. The monoisotopic (exact) mass is 270 g/mol. The highest BCUT2D eigenvalue weighted by Crippen LogP contribution is 2.25. The van der Waals surface area contributed by atoms with Crippen LogP contribution in [0.5, 0.6) is 0 Å². The Morgan fingerprint density at radius 1 is 1.45 bits per heavy atom. The van der Waals surface area contributed by atoms with Crippen LogP contribution < -0.4 is 5.32 Å². The first-order valence-corrected chi connectivity index (χ1v) is 6.97. The van der Waals surface area contributed by atoms with E-state index in [0.717, 1.165) is 24.5 Å². The van der Waals surface area contributed by atoms with Gasteiger partial charge in [0.05, 0.1) is 12.3 Å². The summed E-state index contributed by atoms with van der Waals surface area (Å²) in [4.78, 5) is 16.8. The second kappa shape index (κ2) is 5.54. The van der Waals surface area contributed by atoms with Gasteiger partial charge >= 0.3 is 0 Å². The van der Waals surface area contributed by atoms with Crippen LogP contribution in [0.4, 0.5) is 0 Å². The molecule has 0 saturated heterocycles. The van der Waals surface area contributed by atoms with Gasteiger partial charge in [0, 0.05) is 19.6 Å². The van der Waals surface area contributed by atoms with E-state index in [9.17, 15) is 4.79 Å². The summed E-state index contributed by atoms with van der Waals surface area (Å²) in [7, 11) is 0. The molecular weight excluding hydrogens is 252 g/mol. The van der Waals surface area contributed by atoms with Crippen molar-refractivity contribution in [3.63, 3.8) is 0 Å². The van der Waals surface area contributed by atoms with Crippen molar-refractivity contribution in [3.8, 4) is 0 Å². The minimum atomic E-state index is -0.0815. The SMILES string of the molecule is CCn1ncnc1CC(=O)C1CNCc2ccccc21. The van der Waals surface area contributed by atoms with Crippen molar-refractivity contribution in [1.29, 1.82) is 0 Å². The van der Waals surface area contributed by atoms with E-state index in [1.165, 1.54) is 11.9 Å². The fraction of sp³-hybridized carbons (Fsp3) is 0.400. The number of benzene rings is 1. The zero-order chi connectivity index (χ0) is 13.9. The van der Waals surface area contributed by atoms with Crippen molar-refractivity contribution < 1.29 is 4.79 Å². The lowest BCUT2D eigenvalue weighted by molar-refractivity contribution is -0.120. The fourth-order valence-corrected chi connectivity index (χ4v) is 2.75. The number of rotatable bonds is 4. The van der Waals surface area contributed by atoms with Gasteiger partial charge in [0.15, 0.2) is 0 Å². The minimum absolute atomic E-state index is 0.0815. The molecule has 3 rings (SSSR count). The average molecular weight is 270 g/mol. The molecule has 1 aromatic heterocycles. The molecule has 0 amide bonds. The number of fused-ring (bicyclic) bond motifs is 1. The molecule has 1 aliphatic heterocycles. The van der Waals surface area contributed by atoms with E-state index in [1.807, 2.05) is 19.1 Å². The first-order chi connectivity index (χ1) is 9.79. The van der Waals surface area contributed by atoms with Gasteiger partial charge in [-0.15, -0.1) is 0 Å². The maximum atomic E-state index is 12.6. The normalized spacial score (nSPS) is 17.8. The van der Waals surface area contributed by atoms with Crippen LogP contribution in [0.2, 0.25) is 0 Å². The van der Waals surface area contributed by atoms with Crippen LogP contribution in [0.3, 0.4) is 0 Å². The second-order valence-corrected chi connectivity index (χ2v) is 5.02. The van der Waals surface area contributed by atoms with Crippen LogP contribution in [0.25, 0.3) is 0 Å². The molecule has 1 aromatic carbocycles. The van der Waals surface area contributed by atoms with Crippen LogP contribution in [0.15, 0.2) is 30.6 Å². The molecule has 0 bridgehead atoms. The molecular formula is C15H18N4O. The number of Topliss-reactive ketones (excluding diaryl/α,β-unsaturated/α-hetero) is 1. The van der Waals surface area contributed by atoms with Crippen molar-refractivity contribution >= 4 is 5.78 Å². The van der Waals surface area contributed by atoms with E-state index in [0.29, 0.717) is 13.0 Å². The molecule has 1 N–H and O–H groups in total. The highest BCUT2D eigenvalue weighted by atomic mass is 16.1. The van der Waals surface area contributed by atoms with Crippen molar-refractivity contribution in [2.75, 3.05) is 6.54 Å². The minimum Gasteiger partial charge on any atom is -0.312 e. The van der Waals surface area contributed by atoms with Crippen molar-refractivity contribution in [3.05, 3.63) is 47.5 Å². The number of hydrogen-bond donors (Lipinski definition) is 1. The smallest absolute Gasteiger partial charge is 0.149 e. The Labute approximate surface area is 118 Å². The van der Waals surface area contributed by atoms with Gasteiger partial charge in [-0.3, -0.25) is 4.79 Å². The summed E-state index contributed by atoms with van der Waals surface area (Å²) in [5.41, 5.74) is 2.37. The number of aromatic nitrogens is 3. The molecule has 0 saturated carbocycles. The molecule has 5 nitrogen and oxygen atoms in total. The molecule has 0 aliphatic carbocycles. The Kier molecular flexibility index (Phi) is 3.60. The molecule has 0 spiro atoms. The van der Waals surface area contributed by atoms with Crippen LogP contribution in [-0.4, -0.2) is 27.1 Å². The first-order valence-electron chi connectivity index (χ1n) is 6.97. The second-order valence-electron chi connectivity index (χ2n) is 5.02. The molecule has 2 aromatic rings. The van der Waals surface area contributed by atoms with E-state index < -0.39 is 0 Å². The number of hydrogen-bond acceptors (Lipinski definition) is 4. The molecule has 1 aliphatic rings. The molecule has 2 heterocycles. The van der Waals surface area contributed by atoms with Crippen molar-refractivity contribution in [1.82, 2.24) is 20.1 Å². The van der Waals surface area contributed by atoms with Gasteiger partial charge in [-0.05, 0) is 18.1 Å². The molecule has 5 heteroatoms. The third kappa shape index (κ3) is 2.36. The van der Waals surface area contributed by atoms with Crippen LogP contribution in [0, 0.1) is 0 Å². The van der Waals surface area contributed by atoms with Crippen molar-refractivity contribution in [2.24, 2.45) is 0 Å². The number of ketones is 1. The predicted octanol–water partition coefficient (Wildman–Crippen LogP) is 1.30. The molecule has 1 unspecified atom stereocenters. The van der Waals surface area contributed by atoms with Crippen LogP contribution >= 0.6 is 0 Å². The standard InChI is InChI=1S/C15H18N4O/c1-2-19-15(17-10-18-19)7-14(20)13-9-16-8-11-5-3-4-6-12(11)13/h3-6,10,13,16H,2,7-9H2,1H3. The lowest BCUT2D eigenvalue weighted by Gasteiger charge is -2.25. The third-order valence-corrected chi connectivity index (χ3v) is 3.81. The Hall–Kier alpha value is -2.01. The molecule has 0 radical (unpaired) electrons. The zero-order valence-electron chi connectivity index (χ0n) is 11.5. The number of nitrogens with zero attached hydrogens (tertiary/aromatic N) is 3. The van der Waals surface area contributed by atoms with Gasteiger partial charge in [-0.1, -0.05) is 24.3 Å². The lowest BCUT2D eigenvalue weighted by Crippen LogP contribution is -2.33. The van der Waals surface area contributed by atoms with Gasteiger partial charge in [-0.2, -0.15) is 5.10 Å². The van der Waals surface area contributed by atoms with Gasteiger partial charge < -0.3 is 5.32 Å². The summed E-state index contributed by atoms with van der Waals surface area (Å²) in [6.07, 6.45) is 1.85. The predicted molar refractivity (Wildman–Crippen MR) is 75.3 cm³/mol. The number of carbonyl (C=O) groups is 1. The number of nitrogens with one attached hydrogen (secondary N) is 1. The number of carbonyl (C=O) groups excluding carboxylic acids is 1. The molecule has 1 atom stereocenters. The number of aryl methyl sites for hydroxylation is 1. The van der Waals surface area contributed by atoms with Crippen molar-refractivity contribution in [2.45, 2.75) is 32.4 Å². The molecule has 20 heavy (non-hydrogen) atoms. The Morgan fingerprint density at radius 2 is 2.30 bits per heavy atom. The average Bonchev–Trinajstić information content (AvgIpc) is 2.93. The highest BCUT2D eigenvalue weighted by Gasteiger charge is 2.26. The van der Waals surface area contributed by atoms with E-state index >= 15 is 0 Å². The highest BCUT2D eigenvalue weighted by molar-refractivity contribution is 5.88. The summed E-state index contributed by atoms with van der Waals surface area (Å²) < 4.78 is 1.78. The van der Waals surface area contributed by atoms with E-state index in [4.69, 9.17) is 0 Å². The van der Waals surface area contributed by atoms with Crippen LogP contribution in [0.1, 0.15) is 29.8 Å². The van der Waals surface area contributed by atoms with Gasteiger partial charge in [-0.25, -0.2) is 9.67 Å². The Morgan fingerprint density at radius 3 is 3.15 bits per heavy atom. The maximum Gasteiger partial charge on any atom is 0.149 e. The van der Waals surface area contributed by atoms with Crippen LogP contribution in [-0.2, 0) is 24.3 Å². The molecule has 0 fully saturated rings. The van der Waals surface area contributed by atoms with Gasteiger partial charge in [0.1, 0.15) is 17.9 Å². The summed E-state index contributed by atoms with van der Waals surface area (Å²) >= 11 is 0. The van der Waals surface area contributed by atoms with E-state index in [2.05, 4.69) is 27.5 Å². The lowest BCUT2D eigenvalue weighted by atomic mass is 9.86. The quantitative estimate of drug-likeness (QED) is 0.909. The first kappa shape index (κ1) is 13.0. The summed E-state index contributed by atoms with van der Waals surface area (Å²) in [5.74, 6) is 0.870.